The Morgan fingerprint density at radius 1 is 0.558 bits per heavy atom. The number of carbonyl (C=O) groups is 2. The molecule has 52 heavy (non-hydrogen) atoms. The molecule has 0 radical (unpaired) electrons. The van der Waals surface area contributed by atoms with Crippen molar-refractivity contribution >= 4 is 34.2 Å². The lowest BCUT2D eigenvalue weighted by Gasteiger charge is -2.29. The predicted octanol–water partition coefficient (Wildman–Crippen LogP) is 11.5. The second kappa shape index (κ2) is 18.6. The van der Waals surface area contributed by atoms with Gasteiger partial charge in [0.2, 0.25) is 5.78 Å². The molecule has 0 aliphatic heterocycles. The molecule has 2 aliphatic carbocycles. The first-order valence-corrected chi connectivity index (χ1v) is 19.4. The number of Topliss-reactive ketones (excluding diaryl/α,β-unsaturated/α-hetero) is 1. The molecule has 0 saturated heterocycles. The molecule has 0 fully saturated rings. The number of phenolic OH excluding ortho intramolecular Hbond substituents is 1. The summed E-state index contributed by atoms with van der Waals surface area (Å²) >= 11 is 0. The Balaban J connectivity index is 1.35. The molecule has 274 valence electrons. The number of aromatic hydroxyl groups is 1. The van der Waals surface area contributed by atoms with Gasteiger partial charge in [-0.1, -0.05) is 113 Å². The molecule has 0 saturated carbocycles. The first-order valence-electron chi connectivity index (χ1n) is 19.4. The van der Waals surface area contributed by atoms with Gasteiger partial charge < -0.3 is 20.0 Å². The minimum absolute atomic E-state index is 0.00260. The Labute approximate surface area is 310 Å². The number of rotatable bonds is 19. The van der Waals surface area contributed by atoms with Gasteiger partial charge in [0.15, 0.2) is 5.78 Å². The molecule has 0 heterocycles. The number of hydrogen-bond acceptors (Lipinski definition) is 6. The van der Waals surface area contributed by atoms with E-state index in [1.165, 1.54) is 62.5 Å². The van der Waals surface area contributed by atoms with Crippen LogP contribution in [0.1, 0.15) is 108 Å². The van der Waals surface area contributed by atoms with Gasteiger partial charge in [-0.05, 0) is 75.2 Å². The fraction of sp³-hybridized carbons (Fsp3) is 0.391. The van der Waals surface area contributed by atoms with Crippen LogP contribution in [0.25, 0.3) is 5.57 Å². The van der Waals surface area contributed by atoms with Crippen molar-refractivity contribution in [2.45, 2.75) is 105 Å². The van der Waals surface area contributed by atoms with Gasteiger partial charge in [-0.2, -0.15) is 0 Å². The summed E-state index contributed by atoms with van der Waals surface area (Å²) in [5.41, 5.74) is 6.40. The standard InChI is InChI=1S/C46H56N2O4/c1-5-7-9-11-13-15-29-47(35-21-17-33(3)18-22-35)37-25-27-39(41(49)31-37)43-45(51)44(46(43)52)40-28-26-38(32-42(40)50)48(30-16-14-12-10-8-6-2)36-23-19-34(4)20-24-36/h17-28,31-32,49,51H,5-16,29-30H2,1-4H3/b44-40-. The highest BCUT2D eigenvalue weighted by Crippen LogP contribution is 2.43. The maximum absolute atomic E-state index is 13.6. The summed E-state index contributed by atoms with van der Waals surface area (Å²) in [5.74, 6) is -1.12. The molecule has 5 rings (SSSR count). The topological polar surface area (TPSA) is 81.1 Å². The van der Waals surface area contributed by atoms with E-state index in [2.05, 4.69) is 86.0 Å². The van der Waals surface area contributed by atoms with Crippen molar-refractivity contribution in [2.24, 2.45) is 0 Å². The quantitative estimate of drug-likeness (QED) is 0.0957. The number of allylic oxidation sites excluding steroid dienone is 6. The summed E-state index contributed by atoms with van der Waals surface area (Å²) in [6, 6.07) is 21.9. The van der Waals surface area contributed by atoms with Gasteiger partial charge in [0.25, 0.3) is 0 Å². The van der Waals surface area contributed by atoms with Gasteiger partial charge in [-0.3, -0.25) is 9.59 Å². The van der Waals surface area contributed by atoms with Gasteiger partial charge in [-0.15, -0.1) is 0 Å². The van der Waals surface area contributed by atoms with E-state index in [9.17, 15) is 19.8 Å². The highest BCUT2D eigenvalue weighted by molar-refractivity contribution is 6.41. The van der Waals surface area contributed by atoms with E-state index in [1.807, 2.05) is 12.1 Å². The maximum atomic E-state index is 13.6. The first kappa shape index (κ1) is 38.4. The fourth-order valence-electron chi connectivity index (χ4n) is 7.05. The van der Waals surface area contributed by atoms with Crippen molar-refractivity contribution < 1.29 is 19.8 Å². The van der Waals surface area contributed by atoms with Crippen LogP contribution in [-0.4, -0.2) is 34.9 Å². The summed E-state index contributed by atoms with van der Waals surface area (Å²) in [6.07, 6.45) is 19.1. The average molecular weight is 701 g/mol. The van der Waals surface area contributed by atoms with Crippen LogP contribution in [0.5, 0.6) is 5.75 Å². The van der Waals surface area contributed by atoms with E-state index in [-0.39, 0.29) is 39.6 Å². The molecular weight excluding hydrogens is 645 g/mol. The van der Waals surface area contributed by atoms with Crippen molar-refractivity contribution in [3.05, 3.63) is 124 Å². The third-order valence-electron chi connectivity index (χ3n) is 10.2. The number of nitrogens with zero attached hydrogens (tertiary/aromatic N) is 2. The van der Waals surface area contributed by atoms with Crippen molar-refractivity contribution in [1.29, 1.82) is 0 Å². The van der Waals surface area contributed by atoms with Crippen LogP contribution in [0.15, 0.2) is 108 Å². The summed E-state index contributed by atoms with van der Waals surface area (Å²) in [4.78, 5) is 31.5. The summed E-state index contributed by atoms with van der Waals surface area (Å²) in [7, 11) is 0. The number of aliphatic hydroxyl groups is 1. The lowest BCUT2D eigenvalue weighted by Crippen LogP contribution is -2.28. The van der Waals surface area contributed by atoms with Crippen LogP contribution >= 0.6 is 0 Å². The molecule has 6 nitrogen and oxygen atoms in total. The number of hydrogen-bond donors (Lipinski definition) is 2. The Kier molecular flexibility index (Phi) is 13.7. The van der Waals surface area contributed by atoms with Gasteiger partial charge in [-0.25, -0.2) is 0 Å². The van der Waals surface area contributed by atoms with Crippen LogP contribution in [0.2, 0.25) is 0 Å². The van der Waals surface area contributed by atoms with Crippen LogP contribution in [0.3, 0.4) is 0 Å². The van der Waals surface area contributed by atoms with Crippen LogP contribution in [0, 0.1) is 13.8 Å². The van der Waals surface area contributed by atoms with Gasteiger partial charge in [0.1, 0.15) is 11.5 Å². The Morgan fingerprint density at radius 3 is 1.58 bits per heavy atom. The lowest BCUT2D eigenvalue weighted by molar-refractivity contribution is -0.114. The van der Waals surface area contributed by atoms with Crippen LogP contribution < -0.4 is 9.80 Å². The van der Waals surface area contributed by atoms with Crippen LogP contribution in [-0.2, 0) is 9.59 Å². The number of ketones is 2. The third-order valence-corrected chi connectivity index (χ3v) is 10.2. The van der Waals surface area contributed by atoms with E-state index in [4.69, 9.17) is 0 Å². The summed E-state index contributed by atoms with van der Waals surface area (Å²) in [6.45, 7) is 10.1. The smallest absolute Gasteiger partial charge is 0.202 e. The predicted molar refractivity (Wildman–Crippen MR) is 215 cm³/mol. The highest BCUT2D eigenvalue weighted by atomic mass is 16.3. The molecule has 0 bridgehead atoms. The van der Waals surface area contributed by atoms with Crippen LogP contribution in [0.4, 0.5) is 17.1 Å². The number of phenols is 1. The number of aliphatic hydroxyl groups excluding tert-OH is 1. The molecule has 0 amide bonds. The lowest BCUT2D eigenvalue weighted by atomic mass is 9.79. The molecular formula is C46H56N2O4. The minimum Gasteiger partial charge on any atom is -0.507 e. The van der Waals surface area contributed by atoms with E-state index in [0.717, 1.165) is 61.5 Å². The second-order valence-corrected chi connectivity index (χ2v) is 14.3. The normalized spacial score (nSPS) is 15.6. The van der Waals surface area contributed by atoms with E-state index in [0.29, 0.717) is 0 Å². The molecule has 0 unspecified atom stereocenters. The van der Waals surface area contributed by atoms with Gasteiger partial charge in [0.05, 0.1) is 11.1 Å². The van der Waals surface area contributed by atoms with Crippen molar-refractivity contribution in [2.75, 3.05) is 22.9 Å². The van der Waals surface area contributed by atoms with Crippen molar-refractivity contribution in [3.8, 4) is 5.75 Å². The van der Waals surface area contributed by atoms with E-state index < -0.39 is 5.78 Å². The Morgan fingerprint density at radius 2 is 1.06 bits per heavy atom. The minimum atomic E-state index is -0.449. The zero-order chi connectivity index (χ0) is 37.0. The molecule has 6 heteroatoms. The summed E-state index contributed by atoms with van der Waals surface area (Å²) < 4.78 is 0. The number of anilines is 3. The van der Waals surface area contributed by atoms with E-state index in [1.54, 1.807) is 24.3 Å². The molecule has 3 aromatic rings. The molecule has 0 atom stereocenters. The molecule has 3 aromatic carbocycles. The summed E-state index contributed by atoms with van der Waals surface area (Å²) in [5, 5.41) is 22.5. The number of carbonyl (C=O) groups excluding carboxylic acids is 2. The number of aryl methyl sites for hydroxylation is 2. The van der Waals surface area contributed by atoms with Gasteiger partial charge in [0, 0.05) is 59.1 Å². The van der Waals surface area contributed by atoms with E-state index >= 15 is 0 Å². The molecule has 2 N–H and O–H groups in total. The number of unbranched alkanes of at least 4 members (excludes halogenated alkanes) is 10. The molecule has 0 aromatic heterocycles. The van der Waals surface area contributed by atoms with Crippen molar-refractivity contribution in [1.82, 2.24) is 0 Å². The van der Waals surface area contributed by atoms with Crippen molar-refractivity contribution in [3.63, 3.8) is 0 Å². The zero-order valence-corrected chi connectivity index (χ0v) is 31.6. The Bertz CT molecular complexity index is 1830. The third kappa shape index (κ3) is 9.33. The second-order valence-electron chi connectivity index (χ2n) is 14.3. The maximum Gasteiger partial charge on any atom is 0.202 e. The highest BCUT2D eigenvalue weighted by Gasteiger charge is 2.39. The zero-order valence-electron chi connectivity index (χ0n) is 31.6. The molecule has 0 spiro atoms. The fourth-order valence-corrected chi connectivity index (χ4v) is 7.05. The molecule has 2 aliphatic rings. The number of benzene rings is 3. The first-order chi connectivity index (χ1) is 25.2. The Hall–Kier alpha value is -4.84. The monoisotopic (exact) mass is 700 g/mol. The average Bonchev–Trinajstić information content (AvgIpc) is 3.14. The largest absolute Gasteiger partial charge is 0.507 e. The van der Waals surface area contributed by atoms with Gasteiger partial charge >= 0.3 is 0 Å². The SMILES string of the molecule is CCCCCCCCN(C1=CC(=O)/C(=C2\C(=O)C(c3ccc(N(CCCCCCCC)c4ccc(C)cc4)cc3O)=C2O)C=C1)c1ccc(C)cc1.